The molecule has 1 rings (SSSR count). The standard InChI is InChI=1S/C18H31N3O3/c1-5-6-13(9-10-22)12-20-16-11-14(7-8-15(16)19)21-17(23)24-18(2,3)4/h7-8,11,13,20,22H,5-6,9-10,12,19H2,1-4H3,(H,21,23). The highest BCUT2D eigenvalue weighted by molar-refractivity contribution is 5.87. The highest BCUT2D eigenvalue weighted by atomic mass is 16.6. The van der Waals surface area contributed by atoms with E-state index in [9.17, 15) is 4.79 Å². The van der Waals surface area contributed by atoms with Crippen molar-refractivity contribution in [3.8, 4) is 0 Å². The van der Waals surface area contributed by atoms with E-state index in [2.05, 4.69) is 17.6 Å². The molecule has 1 aromatic rings. The van der Waals surface area contributed by atoms with Crippen LogP contribution in [0.4, 0.5) is 21.9 Å². The first kappa shape index (κ1) is 20.1. The van der Waals surface area contributed by atoms with Gasteiger partial charge in [0.1, 0.15) is 5.60 Å². The van der Waals surface area contributed by atoms with Crippen molar-refractivity contribution in [3.05, 3.63) is 18.2 Å². The largest absolute Gasteiger partial charge is 0.444 e. The SMILES string of the molecule is CCCC(CCO)CNc1cc(NC(=O)OC(C)(C)C)ccc1N. The van der Waals surface area contributed by atoms with Crippen LogP contribution in [0, 0.1) is 5.92 Å². The Kier molecular flexibility index (Phi) is 7.85. The molecule has 6 heteroatoms. The van der Waals surface area contributed by atoms with Crippen molar-refractivity contribution < 1.29 is 14.6 Å². The van der Waals surface area contributed by atoms with Gasteiger partial charge in [-0.3, -0.25) is 5.32 Å². The Hall–Kier alpha value is -1.95. The second-order valence-corrected chi connectivity index (χ2v) is 6.98. The van der Waals surface area contributed by atoms with Crippen molar-refractivity contribution >= 4 is 23.2 Å². The molecule has 1 amide bonds. The van der Waals surface area contributed by atoms with E-state index >= 15 is 0 Å². The molecular formula is C18H31N3O3. The number of hydrogen-bond donors (Lipinski definition) is 4. The number of benzene rings is 1. The molecule has 0 heterocycles. The van der Waals surface area contributed by atoms with E-state index in [1.165, 1.54) is 0 Å². The highest BCUT2D eigenvalue weighted by Crippen LogP contribution is 2.24. The molecule has 0 saturated carbocycles. The molecule has 0 aliphatic heterocycles. The number of amides is 1. The van der Waals surface area contributed by atoms with Gasteiger partial charge >= 0.3 is 6.09 Å². The summed E-state index contributed by atoms with van der Waals surface area (Å²) >= 11 is 0. The maximum Gasteiger partial charge on any atom is 0.412 e. The Morgan fingerprint density at radius 2 is 2.04 bits per heavy atom. The monoisotopic (exact) mass is 337 g/mol. The number of anilines is 3. The molecule has 0 aliphatic carbocycles. The molecule has 1 unspecified atom stereocenters. The lowest BCUT2D eigenvalue weighted by molar-refractivity contribution is 0.0636. The first-order chi connectivity index (χ1) is 11.2. The Labute approximate surface area is 144 Å². The molecule has 0 bridgehead atoms. The van der Waals surface area contributed by atoms with E-state index in [1.807, 2.05) is 20.8 Å². The van der Waals surface area contributed by atoms with Crippen LogP contribution in [0.15, 0.2) is 18.2 Å². The van der Waals surface area contributed by atoms with E-state index in [0.29, 0.717) is 17.3 Å². The van der Waals surface area contributed by atoms with Crippen LogP contribution in [-0.4, -0.2) is 30.0 Å². The van der Waals surface area contributed by atoms with Gasteiger partial charge in [-0.15, -0.1) is 0 Å². The van der Waals surface area contributed by atoms with Crippen LogP contribution in [0.5, 0.6) is 0 Å². The summed E-state index contributed by atoms with van der Waals surface area (Å²) in [6, 6.07) is 5.28. The topological polar surface area (TPSA) is 96.6 Å². The second-order valence-electron chi connectivity index (χ2n) is 6.98. The van der Waals surface area contributed by atoms with Crippen LogP contribution in [0.2, 0.25) is 0 Å². The van der Waals surface area contributed by atoms with Crippen LogP contribution in [0.25, 0.3) is 0 Å². The van der Waals surface area contributed by atoms with Crippen molar-refractivity contribution in [1.29, 1.82) is 0 Å². The fraction of sp³-hybridized carbons (Fsp3) is 0.611. The van der Waals surface area contributed by atoms with Crippen LogP contribution < -0.4 is 16.4 Å². The molecule has 6 nitrogen and oxygen atoms in total. The van der Waals surface area contributed by atoms with Crippen molar-refractivity contribution in [3.63, 3.8) is 0 Å². The van der Waals surface area contributed by atoms with Gasteiger partial charge in [-0.1, -0.05) is 13.3 Å². The quantitative estimate of drug-likeness (QED) is 0.541. The van der Waals surface area contributed by atoms with Crippen LogP contribution in [0.1, 0.15) is 47.0 Å². The van der Waals surface area contributed by atoms with E-state index in [-0.39, 0.29) is 6.61 Å². The van der Waals surface area contributed by atoms with Crippen molar-refractivity contribution in [2.75, 3.05) is 29.5 Å². The summed E-state index contributed by atoms with van der Waals surface area (Å²) in [7, 11) is 0. The maximum absolute atomic E-state index is 11.8. The minimum Gasteiger partial charge on any atom is -0.444 e. The summed E-state index contributed by atoms with van der Waals surface area (Å²) in [4.78, 5) is 11.8. The van der Waals surface area contributed by atoms with E-state index < -0.39 is 11.7 Å². The molecule has 1 atom stereocenters. The number of aliphatic hydroxyl groups excluding tert-OH is 1. The van der Waals surface area contributed by atoms with Gasteiger partial charge in [-0.25, -0.2) is 4.79 Å². The molecule has 0 saturated heterocycles. The molecule has 136 valence electrons. The molecule has 0 fully saturated rings. The van der Waals surface area contributed by atoms with Gasteiger partial charge in [-0.05, 0) is 57.7 Å². The van der Waals surface area contributed by atoms with Gasteiger partial charge in [0, 0.05) is 18.8 Å². The normalized spacial score (nSPS) is 12.5. The average Bonchev–Trinajstić information content (AvgIpc) is 2.46. The zero-order valence-electron chi connectivity index (χ0n) is 15.2. The van der Waals surface area contributed by atoms with Gasteiger partial charge in [-0.2, -0.15) is 0 Å². The smallest absolute Gasteiger partial charge is 0.412 e. The number of hydrogen-bond acceptors (Lipinski definition) is 5. The number of aliphatic hydroxyl groups is 1. The van der Waals surface area contributed by atoms with E-state index in [0.717, 1.165) is 31.5 Å². The molecular weight excluding hydrogens is 306 g/mol. The Morgan fingerprint density at radius 1 is 1.33 bits per heavy atom. The van der Waals surface area contributed by atoms with Crippen LogP contribution >= 0.6 is 0 Å². The zero-order chi connectivity index (χ0) is 18.2. The lowest BCUT2D eigenvalue weighted by atomic mass is 10.00. The van der Waals surface area contributed by atoms with Crippen molar-refractivity contribution in [1.82, 2.24) is 0 Å². The summed E-state index contributed by atoms with van der Waals surface area (Å²) in [5.41, 5.74) is 7.46. The number of nitrogens with one attached hydrogen (secondary N) is 2. The molecule has 0 aromatic heterocycles. The van der Waals surface area contributed by atoms with Crippen molar-refractivity contribution in [2.24, 2.45) is 5.92 Å². The summed E-state index contributed by atoms with van der Waals surface area (Å²) in [5, 5.41) is 15.2. The average molecular weight is 337 g/mol. The molecule has 0 spiro atoms. The summed E-state index contributed by atoms with van der Waals surface area (Å²) in [6.07, 6.45) is 2.38. The predicted octanol–water partition coefficient (Wildman–Crippen LogP) is 3.83. The van der Waals surface area contributed by atoms with Crippen LogP contribution in [0.3, 0.4) is 0 Å². The Balaban J connectivity index is 2.70. The van der Waals surface area contributed by atoms with Gasteiger partial charge in [0.25, 0.3) is 0 Å². The highest BCUT2D eigenvalue weighted by Gasteiger charge is 2.16. The van der Waals surface area contributed by atoms with Gasteiger partial charge in [0.05, 0.1) is 11.4 Å². The zero-order valence-corrected chi connectivity index (χ0v) is 15.2. The third kappa shape index (κ3) is 7.55. The Bertz CT molecular complexity index is 521. The first-order valence-corrected chi connectivity index (χ1v) is 8.49. The summed E-state index contributed by atoms with van der Waals surface area (Å²) < 4.78 is 5.24. The minimum absolute atomic E-state index is 0.183. The second kappa shape index (κ2) is 9.37. The minimum atomic E-state index is -0.545. The summed E-state index contributed by atoms with van der Waals surface area (Å²) in [5.74, 6) is 0.391. The lowest BCUT2D eigenvalue weighted by Gasteiger charge is -2.20. The number of ether oxygens (including phenoxy) is 1. The van der Waals surface area contributed by atoms with Gasteiger partial charge in [0.2, 0.25) is 0 Å². The third-order valence-corrected chi connectivity index (χ3v) is 3.51. The number of nitrogen functional groups attached to an aromatic ring is 1. The van der Waals surface area contributed by atoms with Gasteiger partial charge in [0.15, 0.2) is 0 Å². The number of nitrogens with two attached hydrogens (primary N) is 1. The fourth-order valence-corrected chi connectivity index (χ4v) is 2.40. The Morgan fingerprint density at radius 3 is 2.62 bits per heavy atom. The summed E-state index contributed by atoms with van der Waals surface area (Å²) in [6.45, 7) is 8.49. The van der Waals surface area contributed by atoms with Crippen LogP contribution in [-0.2, 0) is 4.74 Å². The molecule has 0 aliphatic rings. The number of carbonyl (C=O) groups is 1. The molecule has 24 heavy (non-hydrogen) atoms. The van der Waals surface area contributed by atoms with E-state index in [4.69, 9.17) is 15.6 Å². The van der Waals surface area contributed by atoms with E-state index in [1.54, 1.807) is 18.2 Å². The van der Waals surface area contributed by atoms with Gasteiger partial charge < -0.3 is 20.9 Å². The number of carbonyl (C=O) groups excluding carboxylic acids is 1. The lowest BCUT2D eigenvalue weighted by Crippen LogP contribution is -2.27. The molecule has 5 N–H and O–H groups in total. The third-order valence-electron chi connectivity index (χ3n) is 3.51. The van der Waals surface area contributed by atoms with Crippen molar-refractivity contribution in [2.45, 2.75) is 52.6 Å². The predicted molar refractivity (Wildman–Crippen MR) is 99.3 cm³/mol. The molecule has 1 aromatic carbocycles. The first-order valence-electron chi connectivity index (χ1n) is 8.49. The maximum atomic E-state index is 11.8. The number of rotatable bonds is 8. The fourth-order valence-electron chi connectivity index (χ4n) is 2.40. The molecule has 0 radical (unpaired) electrons.